The number of hydrogen-bond acceptors (Lipinski definition) is 7. The van der Waals surface area contributed by atoms with Crippen molar-refractivity contribution in [3.8, 4) is 11.5 Å². The summed E-state index contributed by atoms with van der Waals surface area (Å²) in [7, 11) is 1.66. The highest BCUT2D eigenvalue weighted by Gasteiger charge is 2.52. The number of nitrogens with two attached hydrogens (primary N) is 1. The molecule has 5 rings (SSSR count). The summed E-state index contributed by atoms with van der Waals surface area (Å²) in [4.78, 5) is 11.3. The lowest BCUT2D eigenvalue weighted by atomic mass is 9.87. The van der Waals surface area contributed by atoms with Crippen LogP contribution in [0.15, 0.2) is 28.2 Å². The molecular weight excluding hydrogens is 282 g/mol. The van der Waals surface area contributed by atoms with Gasteiger partial charge in [-0.15, -0.1) is 0 Å². The predicted molar refractivity (Wildman–Crippen MR) is 81.5 cm³/mol. The van der Waals surface area contributed by atoms with Crippen LogP contribution in [0.4, 0.5) is 0 Å². The monoisotopic (exact) mass is 299 g/mol. The van der Waals surface area contributed by atoms with Gasteiger partial charge in [-0.3, -0.25) is 0 Å². The first-order chi connectivity index (χ1) is 10.8. The van der Waals surface area contributed by atoms with Crippen molar-refractivity contribution in [2.24, 2.45) is 15.7 Å². The number of benzene rings is 1. The lowest BCUT2D eigenvalue weighted by Crippen LogP contribution is -2.79. The number of aliphatic imine (C=N–C) groups is 2. The smallest absolute Gasteiger partial charge is 0.217 e. The van der Waals surface area contributed by atoms with E-state index in [0.29, 0.717) is 18.0 Å². The number of nitrogens with zero attached hydrogens (tertiary/aromatic N) is 3. The van der Waals surface area contributed by atoms with Gasteiger partial charge in [0.15, 0.2) is 11.9 Å². The molecule has 2 fully saturated rings. The molecule has 1 aromatic rings. The number of guanidine groups is 1. The van der Waals surface area contributed by atoms with Crippen molar-refractivity contribution in [1.29, 1.82) is 0 Å². The Bertz CT molecular complexity index is 716. The second-order valence-electron chi connectivity index (χ2n) is 6.05. The molecule has 4 aliphatic heterocycles. The Hall–Kier alpha value is -2.28. The summed E-state index contributed by atoms with van der Waals surface area (Å²) >= 11 is 0. The number of amidine groups is 1. The van der Waals surface area contributed by atoms with Crippen molar-refractivity contribution in [3.63, 3.8) is 0 Å². The van der Waals surface area contributed by atoms with Crippen LogP contribution in [-0.4, -0.2) is 55.1 Å². The van der Waals surface area contributed by atoms with E-state index in [0.717, 1.165) is 36.0 Å². The van der Waals surface area contributed by atoms with Crippen LogP contribution in [0, 0.1) is 0 Å². The highest BCUT2D eigenvalue weighted by molar-refractivity contribution is 6.02. The maximum atomic E-state index is 6.14. The lowest BCUT2D eigenvalue weighted by Gasteiger charge is -2.58. The van der Waals surface area contributed by atoms with Gasteiger partial charge in [0.25, 0.3) is 0 Å². The van der Waals surface area contributed by atoms with E-state index in [4.69, 9.17) is 15.2 Å². The zero-order valence-electron chi connectivity index (χ0n) is 12.2. The fourth-order valence-electron chi connectivity index (χ4n) is 3.73. The summed E-state index contributed by atoms with van der Waals surface area (Å²) in [6.07, 6.45) is -0.208. The second kappa shape index (κ2) is 4.13. The normalized spacial score (nSPS) is 34.1. The van der Waals surface area contributed by atoms with Crippen molar-refractivity contribution >= 4 is 11.8 Å². The molecule has 0 saturated carbocycles. The minimum Gasteiger partial charge on any atom is -0.496 e. The van der Waals surface area contributed by atoms with E-state index < -0.39 is 0 Å². The molecule has 4 atom stereocenters. The Balaban J connectivity index is 1.55. The molecule has 3 N–H and O–H groups in total. The van der Waals surface area contributed by atoms with E-state index >= 15 is 0 Å². The molecule has 22 heavy (non-hydrogen) atoms. The van der Waals surface area contributed by atoms with Crippen LogP contribution in [0.2, 0.25) is 0 Å². The van der Waals surface area contributed by atoms with Crippen molar-refractivity contribution in [3.05, 3.63) is 23.8 Å². The summed E-state index contributed by atoms with van der Waals surface area (Å²) in [5.74, 6) is 2.81. The van der Waals surface area contributed by atoms with E-state index in [1.165, 1.54) is 0 Å². The van der Waals surface area contributed by atoms with Gasteiger partial charge in [-0.2, -0.15) is 4.99 Å². The summed E-state index contributed by atoms with van der Waals surface area (Å²) in [5, 5.41) is 3.40. The first kappa shape index (κ1) is 12.3. The first-order valence-corrected chi connectivity index (χ1v) is 7.51. The van der Waals surface area contributed by atoms with Gasteiger partial charge in [0.2, 0.25) is 5.96 Å². The van der Waals surface area contributed by atoms with Crippen LogP contribution in [-0.2, 0) is 0 Å². The molecule has 114 valence electrons. The van der Waals surface area contributed by atoms with E-state index in [2.05, 4.69) is 20.2 Å². The van der Waals surface area contributed by atoms with Crippen LogP contribution in [0.5, 0.6) is 11.5 Å². The maximum absolute atomic E-state index is 6.14. The highest BCUT2D eigenvalue weighted by Crippen LogP contribution is 2.47. The van der Waals surface area contributed by atoms with Crippen molar-refractivity contribution < 1.29 is 9.47 Å². The molecule has 4 aliphatic rings. The van der Waals surface area contributed by atoms with E-state index in [1.807, 2.05) is 18.2 Å². The Morgan fingerprint density at radius 2 is 2.36 bits per heavy atom. The number of ether oxygens (including phenoxy) is 2. The molecule has 0 amide bonds. The topological polar surface area (TPSA) is 84.5 Å². The van der Waals surface area contributed by atoms with Gasteiger partial charge in [0.1, 0.15) is 17.5 Å². The van der Waals surface area contributed by atoms with Gasteiger partial charge in [0.05, 0.1) is 18.7 Å². The number of fused-ring (bicyclic) bond motifs is 4. The Morgan fingerprint density at radius 1 is 1.45 bits per heavy atom. The van der Waals surface area contributed by atoms with Crippen molar-refractivity contribution in [2.75, 3.05) is 20.2 Å². The maximum Gasteiger partial charge on any atom is 0.217 e. The molecule has 0 bridgehead atoms. The minimum absolute atomic E-state index is 0.175. The van der Waals surface area contributed by atoms with E-state index in [1.54, 1.807) is 7.11 Å². The summed E-state index contributed by atoms with van der Waals surface area (Å²) in [6.45, 7) is 1.95. The van der Waals surface area contributed by atoms with Crippen molar-refractivity contribution in [1.82, 2.24) is 10.2 Å². The van der Waals surface area contributed by atoms with Gasteiger partial charge in [-0.1, -0.05) is 6.07 Å². The second-order valence-corrected chi connectivity index (χ2v) is 6.05. The molecule has 7 nitrogen and oxygen atoms in total. The zero-order chi connectivity index (χ0) is 14.8. The fraction of sp³-hybridized carbons (Fsp3) is 0.467. The Kier molecular flexibility index (Phi) is 2.31. The van der Waals surface area contributed by atoms with Crippen LogP contribution >= 0.6 is 0 Å². The average molecular weight is 299 g/mol. The molecule has 0 aromatic heterocycles. The summed E-state index contributed by atoms with van der Waals surface area (Å²) in [6, 6.07) is 6.72. The molecular formula is C15H17N5O2. The molecule has 4 heterocycles. The quantitative estimate of drug-likeness (QED) is 0.755. The number of methoxy groups -OCH3 is 1. The van der Waals surface area contributed by atoms with Gasteiger partial charge in [-0.25, -0.2) is 4.99 Å². The third-order valence-corrected chi connectivity index (χ3v) is 4.98. The third kappa shape index (κ3) is 1.44. The molecule has 0 aliphatic carbocycles. The molecule has 4 unspecified atom stereocenters. The van der Waals surface area contributed by atoms with Gasteiger partial charge < -0.3 is 25.4 Å². The summed E-state index contributed by atoms with van der Waals surface area (Å²) < 4.78 is 11.6. The highest BCUT2D eigenvalue weighted by atomic mass is 16.5. The standard InChI is InChI=1S/C15H17N5O2/c1-21-9-3-2-4-10-11(9)12-13(22-10)14(19-15(16)18-12)20-6-7-8(20)5-17-7/h2-4,7-8,12-13,17H,5-6H2,1H3,(H2,16,18). The van der Waals surface area contributed by atoms with Gasteiger partial charge in [0, 0.05) is 19.1 Å². The van der Waals surface area contributed by atoms with Crippen LogP contribution in [0.25, 0.3) is 0 Å². The number of likely N-dealkylation sites (tertiary alicyclic amines) is 1. The molecule has 2 saturated heterocycles. The minimum atomic E-state index is -0.208. The van der Waals surface area contributed by atoms with Gasteiger partial charge >= 0.3 is 0 Å². The fourth-order valence-corrected chi connectivity index (χ4v) is 3.73. The van der Waals surface area contributed by atoms with Gasteiger partial charge in [-0.05, 0) is 12.1 Å². The number of piperazine rings is 1. The van der Waals surface area contributed by atoms with Crippen molar-refractivity contribution in [2.45, 2.75) is 24.2 Å². The summed E-state index contributed by atoms with van der Waals surface area (Å²) in [5.41, 5.74) is 6.94. The molecule has 0 radical (unpaired) electrons. The van der Waals surface area contributed by atoms with Crippen LogP contribution in [0.1, 0.15) is 11.6 Å². The molecule has 0 spiro atoms. The van der Waals surface area contributed by atoms with Crippen LogP contribution < -0.4 is 20.5 Å². The Morgan fingerprint density at radius 3 is 3.05 bits per heavy atom. The van der Waals surface area contributed by atoms with Crippen LogP contribution in [0.3, 0.4) is 0 Å². The third-order valence-electron chi connectivity index (χ3n) is 4.98. The number of hydrogen-bond donors (Lipinski definition) is 2. The predicted octanol–water partition coefficient (Wildman–Crippen LogP) is -0.120. The SMILES string of the molecule is COc1cccc2c1C1N=C(N)N=C(N3CC4NCC43)C1O2. The molecule has 1 aromatic carbocycles. The average Bonchev–Trinajstić information content (AvgIpc) is 2.88. The Labute approximate surface area is 127 Å². The number of rotatable bonds is 1. The largest absolute Gasteiger partial charge is 0.496 e. The number of nitrogens with one attached hydrogen (secondary N) is 1. The lowest BCUT2D eigenvalue weighted by molar-refractivity contribution is 0.0347. The van der Waals surface area contributed by atoms with E-state index in [-0.39, 0.29) is 12.1 Å². The first-order valence-electron chi connectivity index (χ1n) is 7.51. The van der Waals surface area contributed by atoms with E-state index in [9.17, 15) is 0 Å². The zero-order valence-corrected chi connectivity index (χ0v) is 12.2. The molecule has 7 heteroatoms.